The van der Waals surface area contributed by atoms with Gasteiger partial charge in [-0.05, 0) is 71.9 Å². The van der Waals surface area contributed by atoms with E-state index in [0.717, 1.165) is 110 Å². The van der Waals surface area contributed by atoms with Gasteiger partial charge in [-0.15, -0.1) is 0 Å². The van der Waals surface area contributed by atoms with Crippen LogP contribution in [0.4, 0.5) is 0 Å². The summed E-state index contributed by atoms with van der Waals surface area (Å²) in [5.41, 5.74) is 0. The summed E-state index contributed by atoms with van der Waals surface area (Å²) in [5.74, 6) is 1.18. The van der Waals surface area contributed by atoms with Crippen LogP contribution in [0, 0.1) is 0 Å². The minimum absolute atomic E-state index is 0.334. The molecule has 0 saturated carbocycles. The largest absolute Gasteiger partial charge is 0.343 e. The van der Waals surface area contributed by atoms with Crippen molar-refractivity contribution >= 4 is 17.7 Å². The van der Waals surface area contributed by atoms with Gasteiger partial charge < -0.3 is 19.6 Å². The highest BCUT2D eigenvalue weighted by Gasteiger charge is 2.23. The lowest BCUT2D eigenvalue weighted by atomic mass is 9.97. The summed E-state index contributed by atoms with van der Waals surface area (Å²) in [7, 11) is 4.19. The third-order valence-electron chi connectivity index (χ3n) is 18.0. The van der Waals surface area contributed by atoms with Crippen molar-refractivity contribution in [3.63, 3.8) is 0 Å². The van der Waals surface area contributed by atoms with Gasteiger partial charge >= 0.3 is 0 Å². The molecule has 81 heavy (non-hydrogen) atoms. The van der Waals surface area contributed by atoms with Crippen molar-refractivity contribution in [3.05, 3.63) is 0 Å². The molecule has 0 bridgehead atoms. The summed E-state index contributed by atoms with van der Waals surface area (Å²) < 4.78 is 0. The van der Waals surface area contributed by atoms with Gasteiger partial charge in [0.15, 0.2) is 0 Å². The Kier molecular flexibility index (Phi) is 63.1. The molecule has 0 atom stereocenters. The standard InChI is InChI=1S/C74H148N4O3/c1-8-13-18-23-28-37-46-55-65-76(66-56-47-38-29-24-19-14-9-2)72(79)62-53-44-35-33-42-51-60-71(78(74(81)64-70-75(6)7)69-59-50-41-32-27-22-17-12-5)61-52-43-34-36-45-54-63-73(80)77(67-57-48-39-30-25-20-15-10-3)68-58-49-40-31-26-21-16-11-4/h71H,8-70H2,1-7H3. The molecule has 0 fully saturated rings. The molecular formula is C74H148N4O3. The van der Waals surface area contributed by atoms with Crippen LogP contribution in [0.15, 0.2) is 0 Å². The Morgan fingerprint density at radius 1 is 0.235 bits per heavy atom. The SMILES string of the molecule is CCCCCCCCCCN(CCCCCCCCCC)C(=O)CCCCCCCCC(CCCCCCCCC(=O)N(CCCCCCCCCC)CCCCCCCCCC)N(CCCCCCCCCC)C(=O)CCN(C)C. The van der Waals surface area contributed by atoms with Crippen LogP contribution in [0.2, 0.25) is 0 Å². The molecule has 0 aliphatic heterocycles. The zero-order chi connectivity index (χ0) is 59.2. The van der Waals surface area contributed by atoms with E-state index in [0.29, 0.717) is 43.0 Å². The van der Waals surface area contributed by atoms with Crippen LogP contribution in [0.1, 0.15) is 401 Å². The van der Waals surface area contributed by atoms with Gasteiger partial charge in [0.05, 0.1) is 0 Å². The number of hydrogen-bond donors (Lipinski definition) is 0. The van der Waals surface area contributed by atoms with Gasteiger partial charge in [0.25, 0.3) is 0 Å². The summed E-state index contributed by atoms with van der Waals surface area (Å²) in [6, 6.07) is 0.334. The maximum atomic E-state index is 14.1. The van der Waals surface area contributed by atoms with E-state index in [1.807, 2.05) is 0 Å². The second kappa shape index (κ2) is 64.4. The minimum atomic E-state index is 0.334. The summed E-state index contributed by atoms with van der Waals surface area (Å²) in [6.07, 6.45) is 70.7. The normalized spacial score (nSPS) is 11.7. The van der Waals surface area contributed by atoms with E-state index in [1.165, 1.54) is 276 Å². The third-order valence-corrected chi connectivity index (χ3v) is 18.0. The van der Waals surface area contributed by atoms with Crippen molar-refractivity contribution in [2.45, 2.75) is 407 Å². The predicted octanol–water partition coefficient (Wildman–Crippen LogP) is 22.7. The molecule has 0 saturated heterocycles. The fourth-order valence-corrected chi connectivity index (χ4v) is 12.4. The molecule has 0 aromatic heterocycles. The first-order chi connectivity index (χ1) is 39.7. The minimum Gasteiger partial charge on any atom is -0.343 e. The third kappa shape index (κ3) is 54.8. The number of rotatable bonds is 67. The lowest BCUT2D eigenvalue weighted by Crippen LogP contribution is -2.42. The maximum Gasteiger partial charge on any atom is 0.224 e. The smallest absolute Gasteiger partial charge is 0.224 e. The number of nitrogens with zero attached hydrogens (tertiary/aromatic N) is 4. The van der Waals surface area contributed by atoms with E-state index in [2.05, 4.69) is 68.3 Å². The van der Waals surface area contributed by atoms with Crippen LogP contribution in [0.25, 0.3) is 0 Å². The van der Waals surface area contributed by atoms with E-state index in [4.69, 9.17) is 0 Å². The van der Waals surface area contributed by atoms with Crippen LogP contribution in [-0.4, -0.2) is 96.7 Å². The average molecular weight is 1140 g/mol. The predicted molar refractivity (Wildman–Crippen MR) is 359 cm³/mol. The lowest BCUT2D eigenvalue weighted by molar-refractivity contribution is -0.134. The molecule has 0 aliphatic carbocycles. The highest BCUT2D eigenvalue weighted by atomic mass is 16.2. The topological polar surface area (TPSA) is 64.2 Å². The molecule has 0 aromatic rings. The molecule has 482 valence electrons. The molecular weight excluding hydrogens is 993 g/mol. The van der Waals surface area contributed by atoms with Crippen LogP contribution in [0.5, 0.6) is 0 Å². The Labute approximate surface area is 509 Å². The van der Waals surface area contributed by atoms with Gasteiger partial charge in [0.1, 0.15) is 0 Å². The van der Waals surface area contributed by atoms with Crippen molar-refractivity contribution in [1.29, 1.82) is 0 Å². The van der Waals surface area contributed by atoms with Gasteiger partial charge in [0.2, 0.25) is 17.7 Å². The number of unbranched alkanes of at least 4 members (excludes halogenated alkanes) is 45. The Bertz CT molecular complexity index is 1180. The van der Waals surface area contributed by atoms with Crippen LogP contribution in [-0.2, 0) is 14.4 Å². The first-order valence-corrected chi connectivity index (χ1v) is 37.2. The Balaban J connectivity index is 5.34. The summed E-state index contributed by atoms with van der Waals surface area (Å²) >= 11 is 0. The number of hydrogen-bond acceptors (Lipinski definition) is 4. The fourth-order valence-electron chi connectivity index (χ4n) is 12.4. The van der Waals surface area contributed by atoms with Gasteiger partial charge in [-0.1, -0.05) is 324 Å². The first-order valence-electron chi connectivity index (χ1n) is 37.2. The molecule has 7 heteroatoms. The maximum absolute atomic E-state index is 14.1. The molecule has 0 radical (unpaired) electrons. The van der Waals surface area contributed by atoms with Crippen molar-refractivity contribution in [1.82, 2.24) is 19.6 Å². The Hall–Kier alpha value is -1.63. The second-order valence-electron chi connectivity index (χ2n) is 26.3. The molecule has 0 N–H and O–H groups in total. The molecule has 0 aromatic carbocycles. The van der Waals surface area contributed by atoms with Gasteiger partial charge in [0, 0.05) is 64.6 Å². The quantitative estimate of drug-likeness (QED) is 0.0569. The van der Waals surface area contributed by atoms with Gasteiger partial charge in [-0.25, -0.2) is 0 Å². The van der Waals surface area contributed by atoms with E-state index in [1.54, 1.807) is 0 Å². The monoisotopic (exact) mass is 1140 g/mol. The van der Waals surface area contributed by atoms with Crippen LogP contribution < -0.4 is 0 Å². The van der Waals surface area contributed by atoms with Crippen LogP contribution >= 0.6 is 0 Å². The Morgan fingerprint density at radius 3 is 0.716 bits per heavy atom. The highest BCUT2D eigenvalue weighted by Crippen LogP contribution is 2.23. The number of carbonyl (C=O) groups is 3. The highest BCUT2D eigenvalue weighted by molar-refractivity contribution is 5.77. The molecule has 0 aliphatic rings. The molecule has 0 heterocycles. The van der Waals surface area contributed by atoms with E-state index in [9.17, 15) is 14.4 Å². The molecule has 0 unspecified atom stereocenters. The second-order valence-corrected chi connectivity index (χ2v) is 26.3. The van der Waals surface area contributed by atoms with E-state index < -0.39 is 0 Å². The summed E-state index contributed by atoms with van der Waals surface area (Å²) in [4.78, 5) is 50.4. The molecule has 0 spiro atoms. The van der Waals surface area contributed by atoms with Crippen LogP contribution in [0.3, 0.4) is 0 Å². The van der Waals surface area contributed by atoms with Crippen molar-refractivity contribution in [2.24, 2.45) is 0 Å². The van der Waals surface area contributed by atoms with Crippen molar-refractivity contribution in [2.75, 3.05) is 53.4 Å². The average Bonchev–Trinajstić information content (AvgIpc) is 3.46. The lowest BCUT2D eigenvalue weighted by Gasteiger charge is -2.33. The number of carbonyl (C=O) groups excluding carboxylic acids is 3. The Morgan fingerprint density at radius 2 is 0.457 bits per heavy atom. The fraction of sp³-hybridized carbons (Fsp3) is 0.959. The molecule has 7 nitrogen and oxygen atoms in total. The number of amides is 3. The molecule has 3 amide bonds. The van der Waals surface area contributed by atoms with Crippen molar-refractivity contribution < 1.29 is 14.4 Å². The summed E-state index contributed by atoms with van der Waals surface area (Å²) in [6.45, 7) is 17.0. The van der Waals surface area contributed by atoms with E-state index in [-0.39, 0.29) is 0 Å². The van der Waals surface area contributed by atoms with E-state index >= 15 is 0 Å². The van der Waals surface area contributed by atoms with Gasteiger partial charge in [-0.2, -0.15) is 0 Å². The zero-order valence-corrected chi connectivity index (χ0v) is 56.6. The molecule has 0 rings (SSSR count). The van der Waals surface area contributed by atoms with Crippen molar-refractivity contribution in [3.8, 4) is 0 Å². The zero-order valence-electron chi connectivity index (χ0n) is 56.6. The summed E-state index contributed by atoms with van der Waals surface area (Å²) in [5, 5.41) is 0. The first kappa shape index (κ1) is 79.4. The van der Waals surface area contributed by atoms with Gasteiger partial charge in [-0.3, -0.25) is 14.4 Å².